The van der Waals surface area contributed by atoms with E-state index < -0.39 is 16.7 Å². The number of nitro groups is 1. The summed E-state index contributed by atoms with van der Waals surface area (Å²) in [6.45, 7) is 0. The van der Waals surface area contributed by atoms with Gasteiger partial charge >= 0.3 is 11.8 Å². The molecular weight excluding hydrogens is 326 g/mol. The molecule has 0 aliphatic carbocycles. The van der Waals surface area contributed by atoms with Crippen LogP contribution in [0.15, 0.2) is 42.5 Å². The quantitative estimate of drug-likeness (QED) is 0.344. The van der Waals surface area contributed by atoms with E-state index in [2.05, 4.69) is 10.6 Å². The van der Waals surface area contributed by atoms with E-state index in [1.54, 1.807) is 12.1 Å². The fraction of sp³-hybridized carbons (Fsp3) is 0. The summed E-state index contributed by atoms with van der Waals surface area (Å²) in [6, 6.07) is 9.29. The number of aromatic hydroxyl groups is 1. The minimum absolute atomic E-state index is 0.0410. The zero-order valence-corrected chi connectivity index (χ0v) is 12.2. The molecule has 0 aliphatic rings. The molecule has 0 saturated heterocycles. The standard InChI is InChI=1S/C14H10ClN3O5/c15-9-6-5-8(18(22)23)7-11(9)17-14(21)13(20)16-10-3-1-2-4-12(10)19/h1-7,19H,(H,16,20)(H,17,21). The molecule has 3 N–H and O–H groups in total. The first-order valence-corrected chi connectivity index (χ1v) is 6.60. The highest BCUT2D eigenvalue weighted by atomic mass is 35.5. The Hall–Kier alpha value is -3.13. The van der Waals surface area contributed by atoms with Crippen LogP contribution in [-0.4, -0.2) is 21.8 Å². The van der Waals surface area contributed by atoms with Crippen molar-refractivity contribution in [3.8, 4) is 5.75 Å². The number of anilines is 2. The Morgan fingerprint density at radius 2 is 1.65 bits per heavy atom. The van der Waals surface area contributed by atoms with Crippen LogP contribution in [0.2, 0.25) is 5.02 Å². The van der Waals surface area contributed by atoms with Crippen molar-refractivity contribution in [1.82, 2.24) is 0 Å². The summed E-state index contributed by atoms with van der Waals surface area (Å²) in [4.78, 5) is 33.7. The fourth-order valence-corrected chi connectivity index (χ4v) is 1.82. The van der Waals surface area contributed by atoms with Crippen LogP contribution in [0.4, 0.5) is 17.1 Å². The van der Waals surface area contributed by atoms with Crippen LogP contribution >= 0.6 is 11.6 Å². The fourth-order valence-electron chi connectivity index (χ4n) is 1.66. The van der Waals surface area contributed by atoms with E-state index in [1.165, 1.54) is 24.3 Å². The van der Waals surface area contributed by atoms with Gasteiger partial charge in [-0.25, -0.2) is 0 Å². The number of phenolic OH excluding ortho intramolecular Hbond substituents is 1. The number of nitrogens with zero attached hydrogens (tertiary/aromatic N) is 1. The minimum Gasteiger partial charge on any atom is -0.506 e. The number of non-ortho nitro benzene ring substituents is 1. The normalized spacial score (nSPS) is 9.96. The monoisotopic (exact) mass is 335 g/mol. The van der Waals surface area contributed by atoms with Gasteiger partial charge in [0.1, 0.15) is 5.75 Å². The lowest BCUT2D eigenvalue weighted by Crippen LogP contribution is -2.29. The van der Waals surface area contributed by atoms with E-state index in [0.29, 0.717) is 0 Å². The van der Waals surface area contributed by atoms with Crippen LogP contribution in [-0.2, 0) is 9.59 Å². The number of hydrogen-bond acceptors (Lipinski definition) is 5. The Morgan fingerprint density at radius 3 is 2.26 bits per heavy atom. The molecule has 0 atom stereocenters. The van der Waals surface area contributed by atoms with Gasteiger partial charge in [0.05, 0.1) is 21.3 Å². The van der Waals surface area contributed by atoms with Crippen molar-refractivity contribution in [2.75, 3.05) is 10.6 Å². The zero-order chi connectivity index (χ0) is 17.0. The Labute approximate surface area is 134 Å². The predicted octanol–water partition coefficient (Wildman–Crippen LogP) is 2.53. The topological polar surface area (TPSA) is 122 Å². The van der Waals surface area contributed by atoms with Gasteiger partial charge in [-0.1, -0.05) is 23.7 Å². The molecule has 2 amide bonds. The van der Waals surface area contributed by atoms with E-state index in [-0.39, 0.29) is 27.8 Å². The van der Waals surface area contributed by atoms with Crippen molar-refractivity contribution in [1.29, 1.82) is 0 Å². The summed E-state index contributed by atoms with van der Waals surface area (Å²) in [6.07, 6.45) is 0. The predicted molar refractivity (Wildman–Crippen MR) is 83.5 cm³/mol. The molecule has 0 aliphatic heterocycles. The maximum atomic E-state index is 11.8. The number of carbonyl (C=O) groups is 2. The molecule has 0 bridgehead atoms. The Bertz CT molecular complexity index is 794. The molecule has 2 aromatic rings. The summed E-state index contributed by atoms with van der Waals surface area (Å²) in [5.74, 6) is -2.35. The van der Waals surface area contributed by atoms with Crippen molar-refractivity contribution < 1.29 is 19.6 Å². The first-order valence-electron chi connectivity index (χ1n) is 6.22. The number of rotatable bonds is 3. The molecule has 0 aromatic heterocycles. The number of halogens is 1. The number of carbonyl (C=O) groups excluding carboxylic acids is 2. The van der Waals surface area contributed by atoms with Crippen molar-refractivity contribution in [3.05, 3.63) is 57.6 Å². The van der Waals surface area contributed by atoms with Gasteiger partial charge in [-0.3, -0.25) is 19.7 Å². The lowest BCUT2D eigenvalue weighted by Gasteiger charge is -2.08. The molecule has 8 nitrogen and oxygen atoms in total. The Balaban J connectivity index is 2.13. The lowest BCUT2D eigenvalue weighted by molar-refractivity contribution is -0.384. The Kier molecular flexibility index (Phi) is 4.77. The molecule has 9 heteroatoms. The van der Waals surface area contributed by atoms with Crippen molar-refractivity contribution in [2.45, 2.75) is 0 Å². The van der Waals surface area contributed by atoms with E-state index in [1.807, 2.05) is 0 Å². The average Bonchev–Trinajstić information content (AvgIpc) is 2.51. The summed E-state index contributed by atoms with van der Waals surface area (Å²) in [5.41, 5.74) is -0.304. The van der Waals surface area contributed by atoms with Crippen LogP contribution in [0.25, 0.3) is 0 Å². The molecule has 118 valence electrons. The summed E-state index contributed by atoms with van der Waals surface area (Å²) < 4.78 is 0. The minimum atomic E-state index is -1.09. The SMILES string of the molecule is O=C(Nc1ccccc1O)C(=O)Nc1cc([N+](=O)[O-])ccc1Cl. The van der Waals surface area contributed by atoms with Crippen LogP contribution in [0.5, 0.6) is 5.75 Å². The van der Waals surface area contributed by atoms with Gasteiger partial charge in [-0.2, -0.15) is 0 Å². The first-order chi connectivity index (χ1) is 10.9. The maximum absolute atomic E-state index is 11.8. The van der Waals surface area contributed by atoms with Crippen molar-refractivity contribution >= 4 is 40.5 Å². The van der Waals surface area contributed by atoms with Gasteiger partial charge in [0, 0.05) is 12.1 Å². The van der Waals surface area contributed by atoms with Crippen LogP contribution in [0.1, 0.15) is 0 Å². The number of para-hydroxylation sites is 2. The molecule has 2 aromatic carbocycles. The number of nitrogens with one attached hydrogen (secondary N) is 2. The van der Waals surface area contributed by atoms with E-state index in [4.69, 9.17) is 11.6 Å². The summed E-state index contributed by atoms with van der Waals surface area (Å²) in [7, 11) is 0. The highest BCUT2D eigenvalue weighted by Crippen LogP contribution is 2.27. The van der Waals surface area contributed by atoms with Gasteiger partial charge in [-0.05, 0) is 18.2 Å². The van der Waals surface area contributed by atoms with E-state index in [0.717, 1.165) is 6.07 Å². The molecule has 0 spiro atoms. The number of phenols is 1. The van der Waals surface area contributed by atoms with Gasteiger partial charge in [0.25, 0.3) is 5.69 Å². The number of benzene rings is 2. The van der Waals surface area contributed by atoms with Crippen molar-refractivity contribution in [2.24, 2.45) is 0 Å². The summed E-state index contributed by atoms with van der Waals surface area (Å²) in [5, 5.41) is 24.7. The van der Waals surface area contributed by atoms with Gasteiger partial charge in [0.15, 0.2) is 0 Å². The highest BCUT2D eigenvalue weighted by molar-refractivity contribution is 6.45. The molecule has 0 fully saturated rings. The summed E-state index contributed by atoms with van der Waals surface area (Å²) >= 11 is 5.83. The highest BCUT2D eigenvalue weighted by Gasteiger charge is 2.18. The van der Waals surface area contributed by atoms with Gasteiger partial charge in [-0.15, -0.1) is 0 Å². The second kappa shape index (κ2) is 6.75. The van der Waals surface area contributed by atoms with Crippen LogP contribution in [0.3, 0.4) is 0 Å². The third kappa shape index (κ3) is 3.95. The lowest BCUT2D eigenvalue weighted by atomic mass is 10.2. The molecular formula is C14H10ClN3O5. The molecule has 2 rings (SSSR count). The van der Waals surface area contributed by atoms with Gasteiger partial charge in [0.2, 0.25) is 0 Å². The first kappa shape index (κ1) is 16.2. The molecule has 23 heavy (non-hydrogen) atoms. The third-order valence-corrected chi connectivity index (χ3v) is 3.10. The zero-order valence-electron chi connectivity index (χ0n) is 11.4. The maximum Gasteiger partial charge on any atom is 0.314 e. The third-order valence-electron chi connectivity index (χ3n) is 2.77. The average molecular weight is 336 g/mol. The number of nitro benzene ring substituents is 1. The molecule has 0 unspecified atom stereocenters. The smallest absolute Gasteiger partial charge is 0.314 e. The van der Waals surface area contributed by atoms with Crippen LogP contribution in [0, 0.1) is 10.1 Å². The van der Waals surface area contributed by atoms with Crippen molar-refractivity contribution in [3.63, 3.8) is 0 Å². The van der Waals surface area contributed by atoms with Gasteiger partial charge < -0.3 is 15.7 Å². The molecule has 0 saturated carbocycles. The molecule has 0 heterocycles. The largest absolute Gasteiger partial charge is 0.506 e. The number of amides is 2. The second-order valence-corrected chi connectivity index (χ2v) is 4.75. The molecule has 0 radical (unpaired) electrons. The van der Waals surface area contributed by atoms with E-state index in [9.17, 15) is 24.8 Å². The Morgan fingerprint density at radius 1 is 1.04 bits per heavy atom. The number of hydrogen-bond donors (Lipinski definition) is 3. The van der Waals surface area contributed by atoms with Crippen LogP contribution < -0.4 is 10.6 Å². The van der Waals surface area contributed by atoms with E-state index >= 15 is 0 Å². The second-order valence-electron chi connectivity index (χ2n) is 4.35.